The number of piperidine rings is 1. The van der Waals surface area contributed by atoms with Crippen LogP contribution >= 0.6 is 0 Å². The van der Waals surface area contributed by atoms with Gasteiger partial charge in [-0.25, -0.2) is 9.18 Å². The molecule has 0 saturated carbocycles. The van der Waals surface area contributed by atoms with Crippen molar-refractivity contribution in [1.82, 2.24) is 10.2 Å². The van der Waals surface area contributed by atoms with E-state index >= 15 is 0 Å². The summed E-state index contributed by atoms with van der Waals surface area (Å²) in [6.07, 6.45) is 2.57. The van der Waals surface area contributed by atoms with Crippen LogP contribution in [-0.4, -0.2) is 36.7 Å². The molecule has 0 aromatic heterocycles. The minimum Gasteiger partial charge on any atom is -0.445 e. The Kier molecular flexibility index (Phi) is 5.99. The molecule has 1 N–H and O–H groups in total. The zero-order valence-corrected chi connectivity index (χ0v) is 12.5. The molecule has 21 heavy (non-hydrogen) atoms. The lowest BCUT2D eigenvalue weighted by Crippen LogP contribution is -2.46. The van der Waals surface area contributed by atoms with Crippen LogP contribution in [0, 0.1) is 5.82 Å². The molecule has 0 unspecified atom stereocenters. The molecule has 1 saturated heterocycles. The Hall–Kier alpha value is -1.62. The molecule has 1 fully saturated rings. The molecule has 1 aromatic carbocycles. The molecule has 5 heteroatoms. The number of halogens is 1. The Balaban J connectivity index is 1.89. The number of benzene rings is 1. The maximum atomic E-state index is 12.8. The van der Waals surface area contributed by atoms with E-state index in [0.29, 0.717) is 6.54 Å². The van der Waals surface area contributed by atoms with E-state index in [1.165, 1.54) is 12.1 Å². The Morgan fingerprint density at radius 2 is 2.00 bits per heavy atom. The highest BCUT2D eigenvalue weighted by atomic mass is 19.1. The molecule has 0 bridgehead atoms. The fraction of sp³-hybridized carbons (Fsp3) is 0.562. The molecule has 0 spiro atoms. The van der Waals surface area contributed by atoms with Crippen molar-refractivity contribution in [3.05, 3.63) is 35.6 Å². The van der Waals surface area contributed by atoms with Gasteiger partial charge in [-0.15, -0.1) is 0 Å². The maximum Gasteiger partial charge on any atom is 0.410 e. The molecule has 116 valence electrons. The number of carbonyl (C=O) groups is 1. The number of hydrogen-bond acceptors (Lipinski definition) is 3. The summed E-state index contributed by atoms with van der Waals surface area (Å²) in [5.41, 5.74) is 0.798. The highest BCUT2D eigenvalue weighted by molar-refractivity contribution is 5.68. The largest absolute Gasteiger partial charge is 0.445 e. The van der Waals surface area contributed by atoms with Gasteiger partial charge in [-0.1, -0.05) is 19.1 Å². The van der Waals surface area contributed by atoms with E-state index in [4.69, 9.17) is 4.74 Å². The molecule has 1 aliphatic rings. The molecule has 0 aliphatic carbocycles. The zero-order chi connectivity index (χ0) is 15.1. The van der Waals surface area contributed by atoms with Crippen LogP contribution in [0.2, 0.25) is 0 Å². The quantitative estimate of drug-likeness (QED) is 0.908. The maximum absolute atomic E-state index is 12.8. The van der Waals surface area contributed by atoms with Crippen LogP contribution in [0.5, 0.6) is 0 Å². The second-order valence-corrected chi connectivity index (χ2v) is 5.36. The van der Waals surface area contributed by atoms with Gasteiger partial charge in [0.25, 0.3) is 0 Å². The van der Waals surface area contributed by atoms with Gasteiger partial charge in [0.2, 0.25) is 0 Å². The number of ether oxygens (including phenoxy) is 1. The van der Waals surface area contributed by atoms with Crippen molar-refractivity contribution in [2.24, 2.45) is 0 Å². The van der Waals surface area contributed by atoms with E-state index in [2.05, 4.69) is 12.2 Å². The van der Waals surface area contributed by atoms with Crippen molar-refractivity contribution >= 4 is 6.09 Å². The van der Waals surface area contributed by atoms with Gasteiger partial charge in [0.05, 0.1) is 0 Å². The van der Waals surface area contributed by atoms with Crippen LogP contribution in [0.15, 0.2) is 24.3 Å². The van der Waals surface area contributed by atoms with E-state index < -0.39 is 0 Å². The zero-order valence-electron chi connectivity index (χ0n) is 12.5. The predicted molar refractivity (Wildman–Crippen MR) is 79.5 cm³/mol. The van der Waals surface area contributed by atoms with Crippen LogP contribution in [-0.2, 0) is 11.3 Å². The van der Waals surface area contributed by atoms with E-state index in [1.807, 2.05) is 4.90 Å². The third-order valence-corrected chi connectivity index (χ3v) is 3.72. The number of rotatable bonds is 5. The van der Waals surface area contributed by atoms with Crippen LogP contribution in [0.25, 0.3) is 0 Å². The predicted octanol–water partition coefficient (Wildman–Crippen LogP) is 2.93. The van der Waals surface area contributed by atoms with Crippen LogP contribution in [0.1, 0.15) is 31.7 Å². The standard InChI is InChI=1S/C16H23FN2O2/c1-2-11-19(15-7-9-18-10-8-15)16(20)21-12-13-3-5-14(17)6-4-13/h3-6,15,18H,2,7-12H2,1H3. The Bertz CT molecular complexity index is 444. The van der Waals surface area contributed by atoms with E-state index in [-0.39, 0.29) is 24.6 Å². The molecular weight excluding hydrogens is 271 g/mol. The van der Waals surface area contributed by atoms with Crippen molar-refractivity contribution in [2.75, 3.05) is 19.6 Å². The number of amides is 1. The van der Waals surface area contributed by atoms with Crippen LogP contribution in [0.3, 0.4) is 0 Å². The van der Waals surface area contributed by atoms with Gasteiger partial charge in [-0.2, -0.15) is 0 Å². The van der Waals surface area contributed by atoms with Crippen LogP contribution < -0.4 is 5.32 Å². The first-order chi connectivity index (χ1) is 10.2. The lowest BCUT2D eigenvalue weighted by molar-refractivity contribution is 0.0734. The summed E-state index contributed by atoms with van der Waals surface area (Å²) in [7, 11) is 0. The van der Waals surface area contributed by atoms with Gasteiger partial charge < -0.3 is 15.0 Å². The van der Waals surface area contributed by atoms with Crippen molar-refractivity contribution in [3.8, 4) is 0 Å². The molecule has 0 radical (unpaired) electrons. The van der Waals surface area contributed by atoms with Crippen molar-refractivity contribution in [3.63, 3.8) is 0 Å². The second-order valence-electron chi connectivity index (χ2n) is 5.36. The summed E-state index contributed by atoms with van der Waals surface area (Å²) in [6.45, 7) is 4.84. The number of nitrogens with zero attached hydrogens (tertiary/aromatic N) is 1. The molecule has 1 aliphatic heterocycles. The number of carbonyl (C=O) groups excluding carboxylic acids is 1. The molecular formula is C16H23FN2O2. The minimum atomic E-state index is -0.285. The number of nitrogens with one attached hydrogen (secondary N) is 1. The average molecular weight is 294 g/mol. The van der Waals surface area contributed by atoms with Crippen molar-refractivity contribution < 1.29 is 13.9 Å². The first-order valence-electron chi connectivity index (χ1n) is 7.59. The minimum absolute atomic E-state index is 0.185. The smallest absolute Gasteiger partial charge is 0.410 e. The number of hydrogen-bond donors (Lipinski definition) is 1. The Morgan fingerprint density at radius 3 is 2.62 bits per heavy atom. The lowest BCUT2D eigenvalue weighted by Gasteiger charge is -2.33. The van der Waals surface area contributed by atoms with Gasteiger partial charge in [-0.05, 0) is 50.0 Å². The molecule has 2 rings (SSSR count). The highest BCUT2D eigenvalue weighted by Gasteiger charge is 2.25. The SMILES string of the molecule is CCCN(C(=O)OCc1ccc(F)cc1)C1CCNCC1. The summed E-state index contributed by atoms with van der Waals surface area (Å²) in [6, 6.07) is 6.28. The summed E-state index contributed by atoms with van der Waals surface area (Å²) < 4.78 is 18.2. The van der Waals surface area contributed by atoms with E-state index in [0.717, 1.165) is 37.9 Å². The highest BCUT2D eigenvalue weighted by Crippen LogP contribution is 2.15. The van der Waals surface area contributed by atoms with Gasteiger partial charge >= 0.3 is 6.09 Å². The Morgan fingerprint density at radius 1 is 1.33 bits per heavy atom. The molecule has 1 amide bonds. The van der Waals surface area contributed by atoms with Gasteiger partial charge in [0, 0.05) is 12.6 Å². The topological polar surface area (TPSA) is 41.6 Å². The van der Waals surface area contributed by atoms with Gasteiger partial charge in [0.15, 0.2) is 0 Å². The monoisotopic (exact) mass is 294 g/mol. The van der Waals surface area contributed by atoms with Crippen molar-refractivity contribution in [2.45, 2.75) is 38.8 Å². The van der Waals surface area contributed by atoms with Gasteiger partial charge in [0.1, 0.15) is 12.4 Å². The van der Waals surface area contributed by atoms with Gasteiger partial charge in [-0.3, -0.25) is 0 Å². The summed E-state index contributed by atoms with van der Waals surface area (Å²) >= 11 is 0. The second kappa shape index (κ2) is 7.98. The van der Waals surface area contributed by atoms with Crippen LogP contribution in [0.4, 0.5) is 9.18 Å². The summed E-state index contributed by atoms with van der Waals surface area (Å²) in [5, 5.41) is 3.30. The molecule has 1 aromatic rings. The first-order valence-corrected chi connectivity index (χ1v) is 7.59. The van der Waals surface area contributed by atoms with E-state index in [1.54, 1.807) is 12.1 Å². The third-order valence-electron chi connectivity index (χ3n) is 3.72. The fourth-order valence-corrected chi connectivity index (χ4v) is 2.59. The summed E-state index contributed by atoms with van der Waals surface area (Å²) in [4.78, 5) is 14.1. The Labute approximate surface area is 125 Å². The first kappa shape index (κ1) is 15.8. The van der Waals surface area contributed by atoms with Crippen molar-refractivity contribution in [1.29, 1.82) is 0 Å². The van der Waals surface area contributed by atoms with E-state index in [9.17, 15) is 9.18 Å². The average Bonchev–Trinajstić information content (AvgIpc) is 2.52. The lowest BCUT2D eigenvalue weighted by atomic mass is 10.1. The fourth-order valence-electron chi connectivity index (χ4n) is 2.59. The third kappa shape index (κ3) is 4.70. The summed E-state index contributed by atoms with van der Waals surface area (Å²) in [5.74, 6) is -0.285. The normalized spacial score (nSPS) is 15.7. The molecule has 1 heterocycles. The molecule has 4 nitrogen and oxygen atoms in total. The molecule has 0 atom stereocenters.